The van der Waals surface area contributed by atoms with Crippen molar-refractivity contribution in [3.05, 3.63) is 26.7 Å². The Labute approximate surface area is 144 Å². The van der Waals surface area contributed by atoms with Crippen LogP contribution in [0.2, 0.25) is 15.1 Å². The van der Waals surface area contributed by atoms with Gasteiger partial charge in [0.25, 0.3) is 0 Å². The van der Waals surface area contributed by atoms with Crippen molar-refractivity contribution in [3.8, 4) is 0 Å². The van der Waals surface area contributed by atoms with Gasteiger partial charge in [-0.15, -0.1) is 0 Å². The fraction of sp³-hybridized carbons (Fsp3) is 0.467. The van der Waals surface area contributed by atoms with Crippen LogP contribution in [-0.4, -0.2) is 17.0 Å². The Morgan fingerprint density at radius 3 is 2.36 bits per heavy atom. The number of anilines is 1. The van der Waals surface area contributed by atoms with E-state index in [-0.39, 0.29) is 34.0 Å². The number of aliphatic carboxylic acids is 1. The second-order valence-corrected chi connectivity index (χ2v) is 6.14. The lowest BCUT2D eigenvalue weighted by molar-refractivity contribution is -0.137. The SMILES string of the molecule is CCCC(=O)Nc1c(Cl)cc(Cl)c(C(CC)CC(=O)O)c1Cl. The summed E-state index contributed by atoms with van der Waals surface area (Å²) in [4.78, 5) is 22.8. The molecule has 1 atom stereocenters. The fourth-order valence-electron chi connectivity index (χ4n) is 2.18. The predicted molar refractivity (Wildman–Crippen MR) is 90.3 cm³/mol. The highest BCUT2D eigenvalue weighted by molar-refractivity contribution is 6.43. The van der Waals surface area contributed by atoms with Crippen LogP contribution in [0.25, 0.3) is 0 Å². The average Bonchev–Trinajstić information content (AvgIpc) is 2.42. The van der Waals surface area contributed by atoms with E-state index >= 15 is 0 Å². The molecule has 1 unspecified atom stereocenters. The van der Waals surface area contributed by atoms with Gasteiger partial charge in [-0.05, 0) is 30.4 Å². The zero-order valence-corrected chi connectivity index (χ0v) is 14.6. The van der Waals surface area contributed by atoms with Gasteiger partial charge < -0.3 is 10.4 Å². The Bertz CT molecular complexity index is 576. The minimum Gasteiger partial charge on any atom is -0.481 e. The van der Waals surface area contributed by atoms with Crippen LogP contribution in [0.1, 0.15) is 51.0 Å². The Morgan fingerprint density at radius 2 is 1.86 bits per heavy atom. The molecule has 0 bridgehead atoms. The zero-order valence-electron chi connectivity index (χ0n) is 12.4. The maximum atomic E-state index is 11.8. The summed E-state index contributed by atoms with van der Waals surface area (Å²) in [5, 5.41) is 12.4. The summed E-state index contributed by atoms with van der Waals surface area (Å²) >= 11 is 18.6. The van der Waals surface area contributed by atoms with E-state index in [1.165, 1.54) is 6.07 Å². The van der Waals surface area contributed by atoms with Crippen molar-refractivity contribution in [2.24, 2.45) is 0 Å². The number of amides is 1. The van der Waals surface area contributed by atoms with Gasteiger partial charge in [0.05, 0.1) is 22.2 Å². The van der Waals surface area contributed by atoms with E-state index in [9.17, 15) is 9.59 Å². The Hall–Kier alpha value is -0.970. The fourth-order valence-corrected chi connectivity index (χ4v) is 3.35. The first-order valence-corrected chi connectivity index (χ1v) is 8.14. The van der Waals surface area contributed by atoms with Crippen molar-refractivity contribution in [2.45, 2.75) is 45.4 Å². The first-order valence-electron chi connectivity index (χ1n) is 7.00. The third-order valence-corrected chi connectivity index (χ3v) is 4.27. The van der Waals surface area contributed by atoms with Crippen LogP contribution in [-0.2, 0) is 9.59 Å². The Balaban J connectivity index is 3.28. The molecule has 1 rings (SSSR count). The van der Waals surface area contributed by atoms with Gasteiger partial charge in [-0.1, -0.05) is 48.7 Å². The van der Waals surface area contributed by atoms with E-state index in [0.717, 1.165) is 0 Å². The van der Waals surface area contributed by atoms with Crippen LogP contribution >= 0.6 is 34.8 Å². The molecular formula is C15H18Cl3NO3. The molecule has 0 fully saturated rings. The lowest BCUT2D eigenvalue weighted by atomic mass is 9.92. The molecule has 0 radical (unpaired) electrons. The highest BCUT2D eigenvalue weighted by atomic mass is 35.5. The van der Waals surface area contributed by atoms with E-state index in [1.54, 1.807) is 0 Å². The number of carbonyl (C=O) groups excluding carboxylic acids is 1. The molecule has 22 heavy (non-hydrogen) atoms. The second kappa shape index (κ2) is 8.61. The molecule has 0 aliphatic rings. The van der Waals surface area contributed by atoms with E-state index < -0.39 is 5.97 Å². The summed E-state index contributed by atoms with van der Waals surface area (Å²) in [5.74, 6) is -1.49. The first kappa shape index (κ1) is 19.1. The minimum atomic E-state index is -0.939. The van der Waals surface area contributed by atoms with Crippen LogP contribution in [0.4, 0.5) is 5.69 Å². The van der Waals surface area contributed by atoms with E-state index in [0.29, 0.717) is 29.8 Å². The topological polar surface area (TPSA) is 66.4 Å². The van der Waals surface area contributed by atoms with E-state index in [1.807, 2.05) is 13.8 Å². The number of halogens is 3. The van der Waals surface area contributed by atoms with Crippen molar-refractivity contribution in [3.63, 3.8) is 0 Å². The highest BCUT2D eigenvalue weighted by Gasteiger charge is 2.24. The van der Waals surface area contributed by atoms with Gasteiger partial charge in [0.2, 0.25) is 5.91 Å². The van der Waals surface area contributed by atoms with Crippen LogP contribution in [0.15, 0.2) is 6.07 Å². The number of hydrogen-bond acceptors (Lipinski definition) is 2. The molecule has 7 heteroatoms. The van der Waals surface area contributed by atoms with Crippen molar-refractivity contribution < 1.29 is 14.7 Å². The maximum absolute atomic E-state index is 11.8. The molecule has 0 heterocycles. The van der Waals surface area contributed by atoms with Gasteiger partial charge in [-0.3, -0.25) is 9.59 Å². The maximum Gasteiger partial charge on any atom is 0.303 e. The number of carbonyl (C=O) groups is 2. The quantitative estimate of drug-likeness (QED) is 0.683. The largest absolute Gasteiger partial charge is 0.481 e. The molecule has 1 amide bonds. The van der Waals surface area contributed by atoms with Gasteiger partial charge in [0.1, 0.15) is 0 Å². The summed E-state index contributed by atoms with van der Waals surface area (Å²) < 4.78 is 0. The third-order valence-electron chi connectivity index (χ3n) is 3.27. The number of rotatable bonds is 7. The van der Waals surface area contributed by atoms with Gasteiger partial charge in [0.15, 0.2) is 0 Å². The van der Waals surface area contributed by atoms with Crippen molar-refractivity contribution in [2.75, 3.05) is 5.32 Å². The molecule has 0 aliphatic heterocycles. The molecular weight excluding hydrogens is 349 g/mol. The molecule has 0 spiro atoms. The molecule has 122 valence electrons. The van der Waals surface area contributed by atoms with Crippen molar-refractivity contribution in [1.82, 2.24) is 0 Å². The number of hydrogen-bond donors (Lipinski definition) is 2. The monoisotopic (exact) mass is 365 g/mol. The van der Waals surface area contributed by atoms with Crippen molar-refractivity contribution >= 4 is 52.4 Å². The molecule has 0 aliphatic carbocycles. The number of nitrogens with one attached hydrogen (secondary N) is 1. The summed E-state index contributed by atoms with van der Waals surface area (Å²) in [7, 11) is 0. The zero-order chi connectivity index (χ0) is 16.9. The summed E-state index contributed by atoms with van der Waals surface area (Å²) in [6, 6.07) is 1.48. The smallest absolute Gasteiger partial charge is 0.303 e. The van der Waals surface area contributed by atoms with Crippen LogP contribution < -0.4 is 5.32 Å². The number of benzene rings is 1. The lowest BCUT2D eigenvalue weighted by Crippen LogP contribution is -2.13. The third kappa shape index (κ3) is 4.77. The Kier molecular flexibility index (Phi) is 7.46. The van der Waals surface area contributed by atoms with Crippen LogP contribution in [0, 0.1) is 0 Å². The van der Waals surface area contributed by atoms with Crippen LogP contribution in [0.5, 0.6) is 0 Å². The molecule has 2 N–H and O–H groups in total. The average molecular weight is 367 g/mol. The molecule has 1 aromatic rings. The predicted octanol–water partition coefficient (Wildman–Crippen LogP) is 5.35. The highest BCUT2D eigenvalue weighted by Crippen LogP contribution is 2.43. The molecule has 4 nitrogen and oxygen atoms in total. The van der Waals surface area contributed by atoms with E-state index in [4.69, 9.17) is 39.9 Å². The van der Waals surface area contributed by atoms with Gasteiger partial charge in [-0.2, -0.15) is 0 Å². The molecule has 0 saturated heterocycles. The van der Waals surface area contributed by atoms with E-state index in [2.05, 4.69) is 5.32 Å². The second-order valence-electron chi connectivity index (χ2n) is 4.94. The standard InChI is InChI=1S/C15H18Cl3NO3/c1-3-5-11(20)19-15-10(17)7-9(16)13(14(15)18)8(4-2)6-12(21)22/h7-8H,3-6H2,1-2H3,(H,19,20)(H,21,22). The van der Waals surface area contributed by atoms with Gasteiger partial charge in [0, 0.05) is 11.4 Å². The minimum absolute atomic E-state index is 0.0973. The summed E-state index contributed by atoms with van der Waals surface area (Å²) in [6.07, 6.45) is 1.49. The summed E-state index contributed by atoms with van der Waals surface area (Å²) in [6.45, 7) is 3.74. The van der Waals surface area contributed by atoms with Crippen LogP contribution in [0.3, 0.4) is 0 Å². The van der Waals surface area contributed by atoms with Gasteiger partial charge in [-0.25, -0.2) is 0 Å². The summed E-state index contributed by atoms with van der Waals surface area (Å²) in [5.41, 5.74) is 0.787. The first-order chi connectivity index (χ1) is 10.3. The molecule has 0 aromatic heterocycles. The number of carboxylic acids is 1. The van der Waals surface area contributed by atoms with Crippen molar-refractivity contribution in [1.29, 1.82) is 0 Å². The molecule has 0 saturated carbocycles. The molecule has 1 aromatic carbocycles. The Morgan fingerprint density at radius 1 is 1.23 bits per heavy atom. The van der Waals surface area contributed by atoms with Gasteiger partial charge >= 0.3 is 5.97 Å². The number of carboxylic acid groups (broad SMARTS) is 1. The lowest BCUT2D eigenvalue weighted by Gasteiger charge is -2.20. The normalized spacial score (nSPS) is 12.0.